The molecule has 0 unspecified atom stereocenters. The molecule has 6 nitrogen and oxygen atoms in total. The molecule has 1 aliphatic rings. The summed E-state index contributed by atoms with van der Waals surface area (Å²) < 4.78 is 13.4. The molecule has 1 aromatic heterocycles. The SMILES string of the molecule is NNc1ncc(F)c(NCC2(O)CCCC2)n1. The summed E-state index contributed by atoms with van der Waals surface area (Å²) >= 11 is 0. The normalized spacial score (nSPS) is 18.1. The number of aliphatic hydroxyl groups is 1. The molecule has 0 amide bonds. The van der Waals surface area contributed by atoms with E-state index < -0.39 is 11.4 Å². The van der Waals surface area contributed by atoms with Crippen LogP contribution in [0.2, 0.25) is 0 Å². The Bertz CT molecular complexity index is 394. The summed E-state index contributed by atoms with van der Waals surface area (Å²) in [6.45, 7) is 0.283. The molecule has 0 spiro atoms. The standard InChI is InChI=1S/C10H16FN5O/c11-7-5-13-9(16-12)15-8(7)14-6-10(17)3-1-2-4-10/h5,17H,1-4,6,12H2,(H2,13,14,15,16). The Morgan fingerprint density at radius 1 is 1.47 bits per heavy atom. The minimum atomic E-state index is -0.756. The smallest absolute Gasteiger partial charge is 0.239 e. The molecular weight excluding hydrogens is 225 g/mol. The summed E-state index contributed by atoms with van der Waals surface area (Å²) in [4.78, 5) is 7.47. The second-order valence-corrected chi connectivity index (χ2v) is 4.32. The van der Waals surface area contributed by atoms with E-state index in [4.69, 9.17) is 5.84 Å². The zero-order valence-corrected chi connectivity index (χ0v) is 9.41. The Labute approximate surface area is 98.4 Å². The van der Waals surface area contributed by atoms with Crippen molar-refractivity contribution in [2.75, 3.05) is 17.3 Å². The minimum Gasteiger partial charge on any atom is -0.388 e. The molecule has 94 valence electrons. The second-order valence-electron chi connectivity index (χ2n) is 4.32. The summed E-state index contributed by atoms with van der Waals surface area (Å²) in [6.07, 6.45) is 4.49. The highest BCUT2D eigenvalue weighted by Crippen LogP contribution is 2.29. The number of hydrogen-bond donors (Lipinski definition) is 4. The molecular formula is C10H16FN5O. The number of anilines is 2. The van der Waals surface area contributed by atoms with Crippen molar-refractivity contribution in [2.45, 2.75) is 31.3 Å². The van der Waals surface area contributed by atoms with Crippen molar-refractivity contribution in [3.63, 3.8) is 0 Å². The maximum Gasteiger partial charge on any atom is 0.239 e. The molecule has 1 heterocycles. The predicted molar refractivity (Wildman–Crippen MR) is 61.7 cm³/mol. The lowest BCUT2D eigenvalue weighted by molar-refractivity contribution is 0.0613. The number of rotatable bonds is 4. The quantitative estimate of drug-likeness (QED) is 0.456. The molecule has 1 fully saturated rings. The number of hydrogen-bond acceptors (Lipinski definition) is 6. The van der Waals surface area contributed by atoms with E-state index in [0.717, 1.165) is 31.9 Å². The average molecular weight is 241 g/mol. The zero-order chi connectivity index (χ0) is 12.3. The van der Waals surface area contributed by atoms with Gasteiger partial charge in [-0.3, -0.25) is 5.43 Å². The van der Waals surface area contributed by atoms with E-state index >= 15 is 0 Å². The topological polar surface area (TPSA) is 96.1 Å². The Morgan fingerprint density at radius 3 is 2.82 bits per heavy atom. The fraction of sp³-hybridized carbons (Fsp3) is 0.600. The van der Waals surface area contributed by atoms with Crippen LogP contribution >= 0.6 is 0 Å². The fourth-order valence-corrected chi connectivity index (χ4v) is 2.02. The van der Waals surface area contributed by atoms with Crippen LogP contribution in [0.4, 0.5) is 16.2 Å². The molecule has 0 saturated heterocycles. The van der Waals surface area contributed by atoms with Crippen molar-refractivity contribution < 1.29 is 9.50 Å². The van der Waals surface area contributed by atoms with E-state index in [-0.39, 0.29) is 18.3 Å². The van der Waals surface area contributed by atoms with Gasteiger partial charge in [-0.1, -0.05) is 12.8 Å². The summed E-state index contributed by atoms with van der Waals surface area (Å²) in [7, 11) is 0. The Kier molecular flexibility index (Phi) is 3.39. The first-order valence-corrected chi connectivity index (χ1v) is 5.58. The number of nitrogens with zero attached hydrogens (tertiary/aromatic N) is 2. The van der Waals surface area contributed by atoms with Gasteiger partial charge in [0.05, 0.1) is 11.8 Å². The summed E-state index contributed by atoms with van der Waals surface area (Å²) in [5.41, 5.74) is 1.48. The van der Waals surface area contributed by atoms with Gasteiger partial charge in [0.25, 0.3) is 0 Å². The molecule has 2 rings (SSSR count). The average Bonchev–Trinajstić information content (AvgIpc) is 2.76. The maximum atomic E-state index is 13.4. The van der Waals surface area contributed by atoms with Crippen molar-refractivity contribution in [3.8, 4) is 0 Å². The van der Waals surface area contributed by atoms with Crippen LogP contribution in [0.25, 0.3) is 0 Å². The molecule has 1 aromatic rings. The van der Waals surface area contributed by atoms with Crippen LogP contribution in [0.5, 0.6) is 0 Å². The third-order valence-electron chi connectivity index (χ3n) is 2.99. The van der Waals surface area contributed by atoms with Crippen LogP contribution in [0, 0.1) is 5.82 Å². The van der Waals surface area contributed by atoms with E-state index in [2.05, 4.69) is 20.7 Å². The van der Waals surface area contributed by atoms with Crippen LogP contribution in [0.3, 0.4) is 0 Å². The van der Waals surface area contributed by atoms with Gasteiger partial charge in [0, 0.05) is 6.54 Å². The van der Waals surface area contributed by atoms with Gasteiger partial charge >= 0.3 is 0 Å². The fourth-order valence-electron chi connectivity index (χ4n) is 2.02. The highest BCUT2D eigenvalue weighted by molar-refractivity contribution is 5.40. The molecule has 1 saturated carbocycles. The monoisotopic (exact) mass is 241 g/mol. The lowest BCUT2D eigenvalue weighted by Gasteiger charge is -2.22. The number of nitrogen functional groups attached to an aromatic ring is 1. The summed E-state index contributed by atoms with van der Waals surface area (Å²) in [6, 6.07) is 0. The van der Waals surface area contributed by atoms with Gasteiger partial charge in [-0.2, -0.15) is 4.98 Å². The van der Waals surface area contributed by atoms with Gasteiger partial charge in [0.15, 0.2) is 11.6 Å². The van der Waals surface area contributed by atoms with Crippen molar-refractivity contribution in [1.29, 1.82) is 0 Å². The molecule has 1 aliphatic carbocycles. The summed E-state index contributed by atoms with van der Waals surface area (Å²) in [5.74, 6) is 4.76. The first-order valence-electron chi connectivity index (χ1n) is 5.58. The number of aromatic nitrogens is 2. The molecule has 0 atom stereocenters. The van der Waals surface area contributed by atoms with Gasteiger partial charge in [-0.05, 0) is 12.8 Å². The predicted octanol–water partition coefficient (Wildman–Crippen LogP) is 0.618. The molecule has 5 N–H and O–H groups in total. The molecule has 0 bridgehead atoms. The lowest BCUT2D eigenvalue weighted by Crippen LogP contribution is -2.34. The van der Waals surface area contributed by atoms with E-state index in [1.54, 1.807) is 0 Å². The Hall–Kier alpha value is -1.47. The van der Waals surface area contributed by atoms with Gasteiger partial charge in [0.1, 0.15) is 0 Å². The van der Waals surface area contributed by atoms with Gasteiger partial charge in [-0.15, -0.1) is 0 Å². The van der Waals surface area contributed by atoms with Crippen LogP contribution in [-0.2, 0) is 0 Å². The van der Waals surface area contributed by atoms with E-state index in [1.165, 1.54) is 0 Å². The van der Waals surface area contributed by atoms with Crippen LogP contribution < -0.4 is 16.6 Å². The third kappa shape index (κ3) is 2.80. The number of nitrogens with two attached hydrogens (primary N) is 1. The van der Waals surface area contributed by atoms with E-state index in [0.29, 0.717) is 0 Å². The van der Waals surface area contributed by atoms with Gasteiger partial charge in [-0.25, -0.2) is 15.2 Å². The Morgan fingerprint density at radius 2 is 2.18 bits per heavy atom. The van der Waals surface area contributed by atoms with Crippen LogP contribution in [0.15, 0.2) is 6.20 Å². The van der Waals surface area contributed by atoms with Gasteiger partial charge in [0.2, 0.25) is 5.95 Å². The first kappa shape index (κ1) is 12.0. The van der Waals surface area contributed by atoms with Gasteiger partial charge < -0.3 is 10.4 Å². The second kappa shape index (κ2) is 4.80. The first-order chi connectivity index (χ1) is 8.13. The molecule has 17 heavy (non-hydrogen) atoms. The van der Waals surface area contributed by atoms with Crippen LogP contribution in [0.1, 0.15) is 25.7 Å². The minimum absolute atomic E-state index is 0.0493. The lowest BCUT2D eigenvalue weighted by atomic mass is 10.0. The maximum absolute atomic E-state index is 13.4. The van der Waals surface area contributed by atoms with Crippen molar-refractivity contribution >= 4 is 11.8 Å². The third-order valence-corrected chi connectivity index (χ3v) is 2.99. The largest absolute Gasteiger partial charge is 0.388 e. The highest BCUT2D eigenvalue weighted by Gasteiger charge is 2.31. The molecule has 0 radical (unpaired) electrons. The van der Waals surface area contributed by atoms with Crippen molar-refractivity contribution in [3.05, 3.63) is 12.0 Å². The Balaban J connectivity index is 2.02. The zero-order valence-electron chi connectivity index (χ0n) is 9.41. The summed E-state index contributed by atoms with van der Waals surface area (Å²) in [5, 5.41) is 12.9. The molecule has 0 aromatic carbocycles. The van der Waals surface area contributed by atoms with Crippen LogP contribution in [-0.4, -0.2) is 27.2 Å². The van der Waals surface area contributed by atoms with Crippen molar-refractivity contribution in [2.24, 2.45) is 5.84 Å². The van der Waals surface area contributed by atoms with Crippen molar-refractivity contribution in [1.82, 2.24) is 9.97 Å². The van der Waals surface area contributed by atoms with E-state index in [9.17, 15) is 9.50 Å². The molecule has 7 heteroatoms. The number of halogens is 1. The highest BCUT2D eigenvalue weighted by atomic mass is 19.1. The molecule has 0 aliphatic heterocycles. The van der Waals surface area contributed by atoms with E-state index in [1.807, 2.05) is 0 Å². The number of hydrazine groups is 1. The number of nitrogens with one attached hydrogen (secondary N) is 2.